The molecule has 0 bridgehead atoms. The summed E-state index contributed by atoms with van der Waals surface area (Å²) in [5.74, 6) is 0.160. The van der Waals surface area contributed by atoms with Crippen molar-refractivity contribution < 1.29 is 19.1 Å². The van der Waals surface area contributed by atoms with Crippen molar-refractivity contribution in [3.63, 3.8) is 0 Å². The maximum absolute atomic E-state index is 12.8. The molecule has 0 unspecified atom stereocenters. The summed E-state index contributed by atoms with van der Waals surface area (Å²) >= 11 is 6.03. The van der Waals surface area contributed by atoms with Crippen LogP contribution in [0.4, 0.5) is 10.5 Å². The quantitative estimate of drug-likeness (QED) is 0.774. The molecule has 1 saturated heterocycles. The van der Waals surface area contributed by atoms with Crippen molar-refractivity contribution in [1.29, 1.82) is 0 Å². The Labute approximate surface area is 178 Å². The summed E-state index contributed by atoms with van der Waals surface area (Å²) in [6.07, 6.45) is -0.675. The summed E-state index contributed by atoms with van der Waals surface area (Å²) in [4.78, 5) is 43.2. The van der Waals surface area contributed by atoms with E-state index in [-0.39, 0.29) is 23.6 Å². The number of nitrogens with one attached hydrogen (secondary N) is 1. The number of aromatic nitrogens is 2. The number of carbonyl (C=O) groups is 2. The van der Waals surface area contributed by atoms with E-state index in [0.717, 1.165) is 0 Å². The number of amides is 2. The zero-order valence-electron chi connectivity index (χ0n) is 17.2. The molecule has 1 fully saturated rings. The molecule has 2 aromatic rings. The third kappa shape index (κ3) is 4.31. The number of hydrogen-bond acceptors (Lipinski definition) is 6. The van der Waals surface area contributed by atoms with Crippen molar-refractivity contribution in [1.82, 2.24) is 14.5 Å². The summed E-state index contributed by atoms with van der Waals surface area (Å²) in [5.41, 5.74) is 0.455. The topological polar surface area (TPSA) is 103 Å². The van der Waals surface area contributed by atoms with Crippen molar-refractivity contribution in [2.45, 2.75) is 25.9 Å². The average Bonchev–Trinajstić information content (AvgIpc) is 2.68. The molecule has 10 heteroatoms. The Hall–Kier alpha value is -2.91. The second-order valence-corrected chi connectivity index (χ2v) is 7.80. The van der Waals surface area contributed by atoms with Gasteiger partial charge in [-0.2, -0.15) is 0 Å². The van der Waals surface area contributed by atoms with Gasteiger partial charge >= 0.3 is 6.09 Å². The molecule has 0 atom stereocenters. The Morgan fingerprint density at radius 3 is 2.63 bits per heavy atom. The van der Waals surface area contributed by atoms with Crippen LogP contribution in [0.25, 0.3) is 11.3 Å². The summed E-state index contributed by atoms with van der Waals surface area (Å²) in [6.45, 7) is 4.38. The molecule has 1 aliphatic rings. The number of carbonyl (C=O) groups excluding carboxylic acids is 2. The van der Waals surface area contributed by atoms with Gasteiger partial charge in [0, 0.05) is 23.7 Å². The molecule has 2 heterocycles. The van der Waals surface area contributed by atoms with Gasteiger partial charge in [0.1, 0.15) is 12.4 Å². The van der Waals surface area contributed by atoms with Crippen molar-refractivity contribution in [2.24, 2.45) is 0 Å². The Morgan fingerprint density at radius 1 is 1.37 bits per heavy atom. The molecule has 160 valence electrons. The smallest absolute Gasteiger partial charge is 0.411 e. The fourth-order valence-electron chi connectivity index (χ4n) is 3.09. The van der Waals surface area contributed by atoms with Gasteiger partial charge < -0.3 is 14.4 Å². The minimum atomic E-state index is -0.675. The third-order valence-electron chi connectivity index (χ3n) is 5.18. The first-order valence-electron chi connectivity index (χ1n) is 9.22. The largest absolute Gasteiger partial charge is 0.453 e. The minimum absolute atomic E-state index is 0.127. The van der Waals surface area contributed by atoms with Crippen LogP contribution in [0.15, 0.2) is 29.1 Å². The van der Waals surface area contributed by atoms with Gasteiger partial charge in [-0.1, -0.05) is 11.6 Å². The molecular formula is C20H23ClN4O5. The second kappa shape index (κ2) is 8.45. The SMILES string of the molecule is COC(=O)Nc1cc(Cl)ccc1-c1cc(=O)n(CC(=O)N(C)C2(C)COC2)c(C)n1. The van der Waals surface area contributed by atoms with Crippen molar-refractivity contribution in [3.05, 3.63) is 45.5 Å². The van der Waals surface area contributed by atoms with E-state index in [2.05, 4.69) is 15.0 Å². The molecular weight excluding hydrogens is 412 g/mol. The van der Waals surface area contributed by atoms with Crippen LogP contribution in [0.2, 0.25) is 5.02 Å². The monoisotopic (exact) mass is 434 g/mol. The predicted octanol–water partition coefficient (Wildman–Crippen LogP) is 2.30. The Kier molecular flexibility index (Phi) is 6.14. The van der Waals surface area contributed by atoms with Crippen molar-refractivity contribution >= 4 is 29.3 Å². The van der Waals surface area contributed by atoms with E-state index >= 15 is 0 Å². The highest BCUT2D eigenvalue weighted by atomic mass is 35.5. The molecule has 1 N–H and O–H groups in total. The third-order valence-corrected chi connectivity index (χ3v) is 5.42. The summed E-state index contributed by atoms with van der Waals surface area (Å²) in [5, 5.41) is 2.96. The highest BCUT2D eigenvalue weighted by Gasteiger charge is 2.40. The van der Waals surface area contributed by atoms with Crippen molar-refractivity contribution in [2.75, 3.05) is 32.7 Å². The zero-order chi connectivity index (χ0) is 22.1. The van der Waals surface area contributed by atoms with Crippen LogP contribution in [0.1, 0.15) is 12.7 Å². The van der Waals surface area contributed by atoms with Crippen LogP contribution in [-0.2, 0) is 20.8 Å². The van der Waals surface area contributed by atoms with Gasteiger partial charge in [-0.25, -0.2) is 9.78 Å². The fraction of sp³-hybridized carbons (Fsp3) is 0.400. The summed E-state index contributed by atoms with van der Waals surface area (Å²) < 4.78 is 11.1. The normalized spacial score (nSPS) is 14.6. The molecule has 1 aromatic heterocycles. The van der Waals surface area contributed by atoms with E-state index < -0.39 is 6.09 Å². The molecule has 0 saturated carbocycles. The first-order valence-corrected chi connectivity index (χ1v) is 9.60. The highest BCUT2D eigenvalue weighted by molar-refractivity contribution is 6.31. The van der Waals surface area contributed by atoms with E-state index in [0.29, 0.717) is 41.0 Å². The molecule has 3 rings (SSSR count). The number of halogens is 1. The first-order chi connectivity index (χ1) is 14.1. The Morgan fingerprint density at radius 2 is 2.07 bits per heavy atom. The molecule has 0 spiro atoms. The average molecular weight is 435 g/mol. The number of likely N-dealkylation sites (N-methyl/N-ethyl adjacent to an activating group) is 1. The number of rotatable bonds is 5. The van der Waals surface area contributed by atoms with Gasteiger partial charge in [-0.3, -0.25) is 19.5 Å². The molecule has 9 nitrogen and oxygen atoms in total. The number of aryl methyl sites for hydroxylation is 1. The van der Waals surface area contributed by atoms with Crippen molar-refractivity contribution in [3.8, 4) is 11.3 Å². The predicted molar refractivity (Wildman–Crippen MR) is 112 cm³/mol. The maximum atomic E-state index is 12.8. The van der Waals surface area contributed by atoms with Gasteiger partial charge in [0.2, 0.25) is 5.91 Å². The highest BCUT2D eigenvalue weighted by Crippen LogP contribution is 2.29. The lowest BCUT2D eigenvalue weighted by Gasteiger charge is -2.45. The van der Waals surface area contributed by atoms with Gasteiger partial charge in [-0.15, -0.1) is 0 Å². The molecule has 0 aliphatic carbocycles. The molecule has 0 radical (unpaired) electrons. The Bertz CT molecular complexity index is 1050. The minimum Gasteiger partial charge on any atom is -0.453 e. The van der Waals surface area contributed by atoms with Gasteiger partial charge in [0.25, 0.3) is 5.56 Å². The van der Waals surface area contributed by atoms with Crippen LogP contribution in [0.3, 0.4) is 0 Å². The van der Waals surface area contributed by atoms with E-state index in [4.69, 9.17) is 16.3 Å². The van der Waals surface area contributed by atoms with Gasteiger partial charge in [-0.05, 0) is 32.0 Å². The number of methoxy groups -OCH3 is 1. The maximum Gasteiger partial charge on any atom is 0.411 e. The van der Waals surface area contributed by atoms with Crippen LogP contribution >= 0.6 is 11.6 Å². The van der Waals surface area contributed by atoms with E-state index in [1.165, 1.54) is 23.8 Å². The Balaban J connectivity index is 1.91. The van der Waals surface area contributed by atoms with Crippen LogP contribution in [-0.4, -0.2) is 59.4 Å². The lowest BCUT2D eigenvalue weighted by Crippen LogP contribution is -2.61. The number of hydrogen-bond donors (Lipinski definition) is 1. The molecule has 1 aromatic carbocycles. The molecule has 2 amide bonds. The molecule has 30 heavy (non-hydrogen) atoms. The lowest BCUT2D eigenvalue weighted by atomic mass is 9.98. The van der Waals surface area contributed by atoms with Gasteiger partial charge in [0.05, 0.1) is 37.2 Å². The second-order valence-electron chi connectivity index (χ2n) is 7.36. The van der Waals surface area contributed by atoms with Crippen LogP contribution in [0.5, 0.6) is 0 Å². The van der Waals surface area contributed by atoms with E-state index in [9.17, 15) is 14.4 Å². The number of benzene rings is 1. The first kappa shape index (κ1) is 21.8. The standard InChI is InChI=1S/C20H23ClN4O5/c1-12-22-16(14-6-5-13(21)7-15(14)23-19(28)29-4)8-17(26)25(12)9-18(27)24(3)20(2)10-30-11-20/h5-8H,9-11H2,1-4H3,(H,23,28). The summed E-state index contributed by atoms with van der Waals surface area (Å²) in [7, 11) is 2.94. The van der Waals surface area contributed by atoms with Crippen LogP contribution < -0.4 is 10.9 Å². The number of nitrogens with zero attached hydrogens (tertiary/aromatic N) is 3. The summed E-state index contributed by atoms with van der Waals surface area (Å²) in [6, 6.07) is 6.13. The van der Waals surface area contributed by atoms with E-state index in [1.54, 1.807) is 31.0 Å². The number of anilines is 1. The van der Waals surface area contributed by atoms with Gasteiger partial charge in [0.15, 0.2) is 0 Å². The van der Waals surface area contributed by atoms with E-state index in [1.807, 2.05) is 6.92 Å². The van der Waals surface area contributed by atoms with Crippen LogP contribution in [0, 0.1) is 6.92 Å². The fourth-order valence-corrected chi connectivity index (χ4v) is 3.26. The number of ether oxygens (including phenoxy) is 2. The zero-order valence-corrected chi connectivity index (χ0v) is 17.9. The lowest BCUT2D eigenvalue weighted by molar-refractivity contribution is -0.159. The molecule has 1 aliphatic heterocycles.